The van der Waals surface area contributed by atoms with Crippen LogP contribution in [0.4, 0.5) is 5.69 Å². The highest BCUT2D eigenvalue weighted by atomic mass is 32.1. The van der Waals surface area contributed by atoms with Crippen LogP contribution in [0.15, 0.2) is 30.5 Å². The van der Waals surface area contributed by atoms with Crippen molar-refractivity contribution in [2.45, 2.75) is 20.4 Å². The number of aryl methyl sites for hydroxylation is 2. The first kappa shape index (κ1) is 15.6. The summed E-state index contributed by atoms with van der Waals surface area (Å²) in [7, 11) is 4.01. The number of aromatic nitrogens is 2. The molecule has 1 amide bonds. The molecule has 1 N–H and O–H groups in total. The first-order valence-electron chi connectivity index (χ1n) is 7.45. The molecule has 0 fully saturated rings. The number of amides is 1. The number of hydrogen-bond acceptors (Lipinski definition) is 4. The molecule has 3 aromatic rings. The lowest BCUT2D eigenvalue weighted by Crippen LogP contribution is -2.24. The van der Waals surface area contributed by atoms with Crippen molar-refractivity contribution in [1.82, 2.24) is 14.7 Å². The molecule has 120 valence electrons. The van der Waals surface area contributed by atoms with Gasteiger partial charge in [0.2, 0.25) is 0 Å². The van der Waals surface area contributed by atoms with E-state index in [1.807, 2.05) is 67.7 Å². The third-order valence-corrected chi connectivity index (χ3v) is 4.64. The SMILES string of the molecule is Cc1cn2c(C(=O)NCc3ccc(N(C)C)cc3)c(C)nc2s1. The van der Waals surface area contributed by atoms with Gasteiger partial charge in [0.05, 0.1) is 5.69 Å². The van der Waals surface area contributed by atoms with Crippen molar-refractivity contribution in [3.63, 3.8) is 0 Å². The quantitative estimate of drug-likeness (QED) is 0.801. The molecule has 3 rings (SSSR count). The van der Waals surface area contributed by atoms with Gasteiger partial charge in [-0.3, -0.25) is 9.20 Å². The molecule has 0 unspecified atom stereocenters. The van der Waals surface area contributed by atoms with Gasteiger partial charge in [0.1, 0.15) is 5.69 Å². The maximum Gasteiger partial charge on any atom is 0.270 e. The number of fused-ring (bicyclic) bond motifs is 1. The molecule has 6 heteroatoms. The van der Waals surface area contributed by atoms with Gasteiger partial charge in [0.25, 0.3) is 5.91 Å². The van der Waals surface area contributed by atoms with E-state index < -0.39 is 0 Å². The second kappa shape index (κ2) is 6.04. The molecule has 0 spiro atoms. The maximum atomic E-state index is 12.5. The number of benzene rings is 1. The highest BCUT2D eigenvalue weighted by Crippen LogP contribution is 2.20. The molecule has 0 bridgehead atoms. The van der Waals surface area contributed by atoms with Crippen molar-refractivity contribution in [3.05, 3.63) is 52.3 Å². The normalized spacial score (nSPS) is 11.0. The van der Waals surface area contributed by atoms with Crippen LogP contribution in [-0.4, -0.2) is 29.4 Å². The number of carbonyl (C=O) groups is 1. The molecule has 0 aliphatic rings. The van der Waals surface area contributed by atoms with Gasteiger partial charge in [-0.25, -0.2) is 4.98 Å². The lowest BCUT2D eigenvalue weighted by Gasteiger charge is -2.13. The van der Waals surface area contributed by atoms with Crippen LogP contribution in [0.1, 0.15) is 26.6 Å². The van der Waals surface area contributed by atoms with Crippen LogP contribution in [0.5, 0.6) is 0 Å². The molecule has 2 aromatic heterocycles. The van der Waals surface area contributed by atoms with Crippen LogP contribution >= 0.6 is 11.3 Å². The number of carbonyl (C=O) groups excluding carboxylic acids is 1. The van der Waals surface area contributed by atoms with Crippen LogP contribution < -0.4 is 10.2 Å². The minimum atomic E-state index is -0.0931. The topological polar surface area (TPSA) is 49.6 Å². The Hall–Kier alpha value is -2.34. The van der Waals surface area contributed by atoms with E-state index in [1.54, 1.807) is 11.3 Å². The summed E-state index contributed by atoms with van der Waals surface area (Å²) in [4.78, 5) is 21.0. The number of hydrogen-bond donors (Lipinski definition) is 1. The van der Waals surface area contributed by atoms with E-state index >= 15 is 0 Å². The summed E-state index contributed by atoms with van der Waals surface area (Å²) in [6.07, 6.45) is 1.96. The molecule has 5 nitrogen and oxygen atoms in total. The van der Waals surface area contributed by atoms with Crippen LogP contribution in [0.25, 0.3) is 4.96 Å². The van der Waals surface area contributed by atoms with E-state index in [2.05, 4.69) is 10.3 Å². The Kier molecular flexibility index (Phi) is 4.09. The highest BCUT2D eigenvalue weighted by Gasteiger charge is 2.17. The Morgan fingerprint density at radius 3 is 2.61 bits per heavy atom. The van der Waals surface area contributed by atoms with Crippen molar-refractivity contribution >= 4 is 27.9 Å². The Labute approximate surface area is 139 Å². The molecule has 0 aliphatic heterocycles. The van der Waals surface area contributed by atoms with Gasteiger partial charge in [0, 0.05) is 37.4 Å². The fraction of sp³-hybridized carbons (Fsp3) is 0.294. The fourth-order valence-electron chi connectivity index (χ4n) is 2.52. The highest BCUT2D eigenvalue weighted by molar-refractivity contribution is 7.17. The van der Waals surface area contributed by atoms with Crippen LogP contribution in [0.2, 0.25) is 0 Å². The average molecular weight is 328 g/mol. The van der Waals surface area contributed by atoms with E-state index in [0.717, 1.165) is 26.8 Å². The van der Waals surface area contributed by atoms with E-state index in [9.17, 15) is 4.79 Å². The molecule has 0 saturated carbocycles. The van der Waals surface area contributed by atoms with Crippen molar-refractivity contribution in [2.24, 2.45) is 0 Å². The second-order valence-corrected chi connectivity index (χ2v) is 7.00. The van der Waals surface area contributed by atoms with Gasteiger partial charge in [0.15, 0.2) is 4.96 Å². The molecule has 2 heterocycles. The zero-order chi connectivity index (χ0) is 16.6. The van der Waals surface area contributed by atoms with Crippen LogP contribution in [0.3, 0.4) is 0 Å². The number of thiazole rings is 1. The third kappa shape index (κ3) is 3.07. The molecule has 0 aliphatic carbocycles. The summed E-state index contributed by atoms with van der Waals surface area (Å²) in [5.41, 5.74) is 3.59. The number of nitrogens with zero attached hydrogens (tertiary/aromatic N) is 3. The predicted octanol–water partition coefficient (Wildman–Crippen LogP) is 3.01. The molecule has 0 saturated heterocycles. The predicted molar refractivity (Wildman–Crippen MR) is 94.5 cm³/mol. The average Bonchev–Trinajstić information content (AvgIpc) is 2.99. The second-order valence-electron chi connectivity index (χ2n) is 5.78. The van der Waals surface area contributed by atoms with Crippen LogP contribution in [0, 0.1) is 13.8 Å². The summed E-state index contributed by atoms with van der Waals surface area (Å²) in [6.45, 7) is 4.39. The number of imidazole rings is 1. The van der Waals surface area contributed by atoms with Crippen LogP contribution in [-0.2, 0) is 6.54 Å². The maximum absolute atomic E-state index is 12.5. The van der Waals surface area contributed by atoms with Crippen molar-refractivity contribution in [3.8, 4) is 0 Å². The third-order valence-electron chi connectivity index (χ3n) is 3.74. The van der Waals surface area contributed by atoms with E-state index in [-0.39, 0.29) is 5.91 Å². The summed E-state index contributed by atoms with van der Waals surface area (Å²) < 4.78 is 1.87. The number of nitrogens with one attached hydrogen (secondary N) is 1. The van der Waals surface area contributed by atoms with Gasteiger partial charge in [-0.1, -0.05) is 12.1 Å². The largest absolute Gasteiger partial charge is 0.378 e. The van der Waals surface area contributed by atoms with E-state index in [1.165, 1.54) is 0 Å². The Morgan fingerprint density at radius 1 is 1.26 bits per heavy atom. The molecule has 23 heavy (non-hydrogen) atoms. The zero-order valence-electron chi connectivity index (χ0n) is 13.8. The first-order chi connectivity index (χ1) is 11.0. The van der Waals surface area contributed by atoms with Gasteiger partial charge in [-0.05, 0) is 31.5 Å². The monoisotopic (exact) mass is 328 g/mol. The Balaban J connectivity index is 1.74. The van der Waals surface area contributed by atoms with E-state index in [4.69, 9.17) is 0 Å². The minimum Gasteiger partial charge on any atom is -0.378 e. The van der Waals surface area contributed by atoms with Gasteiger partial charge in [-0.15, -0.1) is 11.3 Å². The van der Waals surface area contributed by atoms with Gasteiger partial charge in [-0.2, -0.15) is 0 Å². The number of anilines is 1. The smallest absolute Gasteiger partial charge is 0.270 e. The standard InChI is InChI=1S/C17H20N4OS/c1-11-10-21-15(12(2)19-17(21)23-11)16(22)18-9-13-5-7-14(8-6-13)20(3)4/h5-8,10H,9H2,1-4H3,(H,18,22). The molecular formula is C17H20N4OS. The first-order valence-corrected chi connectivity index (χ1v) is 8.27. The number of rotatable bonds is 4. The zero-order valence-corrected chi connectivity index (χ0v) is 14.6. The minimum absolute atomic E-state index is 0.0931. The summed E-state index contributed by atoms with van der Waals surface area (Å²) in [5, 5.41) is 2.98. The van der Waals surface area contributed by atoms with Gasteiger partial charge >= 0.3 is 0 Å². The molecular weight excluding hydrogens is 308 g/mol. The van der Waals surface area contributed by atoms with Crippen molar-refractivity contribution < 1.29 is 4.79 Å². The van der Waals surface area contributed by atoms with Gasteiger partial charge < -0.3 is 10.2 Å². The molecule has 0 radical (unpaired) electrons. The Morgan fingerprint density at radius 2 is 1.96 bits per heavy atom. The van der Waals surface area contributed by atoms with Crippen molar-refractivity contribution in [2.75, 3.05) is 19.0 Å². The van der Waals surface area contributed by atoms with E-state index in [0.29, 0.717) is 12.2 Å². The Bertz CT molecular complexity index is 845. The lowest BCUT2D eigenvalue weighted by molar-refractivity contribution is 0.0944. The van der Waals surface area contributed by atoms with Crippen molar-refractivity contribution in [1.29, 1.82) is 0 Å². The lowest BCUT2D eigenvalue weighted by atomic mass is 10.2. The summed E-state index contributed by atoms with van der Waals surface area (Å²) >= 11 is 1.59. The molecule has 1 aromatic carbocycles. The molecule has 0 atom stereocenters. The summed E-state index contributed by atoms with van der Waals surface area (Å²) in [5.74, 6) is -0.0931. The fourth-order valence-corrected chi connectivity index (χ4v) is 3.39. The summed E-state index contributed by atoms with van der Waals surface area (Å²) in [6, 6.07) is 8.16.